The maximum Gasteiger partial charge on any atom is 0.494 e. The van der Waals surface area contributed by atoms with Crippen molar-refractivity contribution in [1.82, 2.24) is 19.9 Å². The van der Waals surface area contributed by atoms with E-state index < -0.39 is 29.2 Å². The molecule has 2 aromatic heterocycles. The van der Waals surface area contributed by atoms with Crippen LogP contribution >= 0.6 is 11.6 Å². The van der Waals surface area contributed by atoms with Crippen LogP contribution in [0, 0.1) is 22.7 Å². The zero-order valence-corrected chi connectivity index (χ0v) is 63.5. The third kappa shape index (κ3) is 11.9. The van der Waals surface area contributed by atoms with E-state index in [1.54, 1.807) is 6.07 Å². The largest absolute Gasteiger partial charge is 0.494 e. The maximum atomic E-state index is 10.1. The number of nitriles is 2. The van der Waals surface area contributed by atoms with Gasteiger partial charge in [0.05, 0.1) is 62.4 Å². The Morgan fingerprint density at radius 1 is 0.281 bits per heavy atom. The Hall–Kier alpha value is -13.9. The van der Waals surface area contributed by atoms with Gasteiger partial charge in [-0.2, -0.15) is 10.5 Å². The van der Waals surface area contributed by atoms with Crippen LogP contribution in [0.25, 0.3) is 101 Å². The molecule has 0 saturated carbocycles. The van der Waals surface area contributed by atoms with Crippen molar-refractivity contribution in [2.45, 2.75) is 49.7 Å². The second-order valence-electron chi connectivity index (χ2n) is 30.0. The fraction of sp³-hybridized carbons (Fsp3) is 0.0784. The summed E-state index contributed by atoms with van der Waals surface area (Å²) >= 11 is 6.10. The van der Waals surface area contributed by atoms with Gasteiger partial charge in [-0.3, -0.25) is 0 Å². The predicted molar refractivity (Wildman–Crippen MR) is 453 cm³/mol. The van der Waals surface area contributed by atoms with E-state index in [0.29, 0.717) is 27.9 Å². The van der Waals surface area contributed by atoms with E-state index in [1.165, 1.54) is 44.5 Å². The summed E-state index contributed by atoms with van der Waals surface area (Å²) in [4.78, 5) is 19.1. The summed E-state index contributed by atoms with van der Waals surface area (Å²) in [5.41, 5.74) is 25.0. The SMILES string of the molecule is CC1(C)OB(c2ccc3c(c2)C2(c4cc(-c5ccccc5C#N)ccc4O3)c3ccccc3-c3ccccc32)OC1(C)C.Clc1cc(-c2ccccc2)nc(-c2ccccc2)n1.N#Cc1ccccc1-c1ccc2c(c1)C1(c3cc(-c4cc(-c5ccccc5)nc(-c5ccccc5)n4)ccc3O2)c2ccccc2-c2ccccc21. The first-order valence-corrected chi connectivity index (χ1v) is 38.5. The number of benzene rings is 14. The van der Waals surface area contributed by atoms with Crippen molar-refractivity contribution < 1.29 is 18.8 Å². The molecule has 3 aliphatic heterocycles. The fourth-order valence-electron chi connectivity index (χ4n) is 17.1. The minimum atomic E-state index is -0.693. The average molecular weight is 1490 g/mol. The van der Waals surface area contributed by atoms with E-state index in [9.17, 15) is 10.5 Å². The lowest BCUT2D eigenvalue weighted by Crippen LogP contribution is -2.41. The Kier molecular flexibility index (Phi) is 17.6. The number of fused-ring (bicyclic) bond motifs is 18. The highest BCUT2D eigenvalue weighted by molar-refractivity contribution is 6.62. The van der Waals surface area contributed by atoms with Gasteiger partial charge in [0.15, 0.2) is 11.6 Å². The Morgan fingerprint density at radius 3 is 0.991 bits per heavy atom. The molecule has 114 heavy (non-hydrogen) atoms. The number of ether oxygens (including phenoxy) is 2. The molecule has 1 saturated heterocycles. The Balaban J connectivity index is 0.000000126. The molecule has 0 unspecified atom stereocenters. The monoisotopic (exact) mass is 1490 g/mol. The summed E-state index contributed by atoms with van der Waals surface area (Å²) in [6.45, 7) is 8.32. The number of aromatic nitrogens is 4. The number of halogens is 1. The molecule has 0 atom stereocenters. The summed E-state index contributed by atoms with van der Waals surface area (Å²) in [6.07, 6.45) is 0. The van der Waals surface area contributed by atoms with E-state index in [2.05, 4.69) is 250 Å². The van der Waals surface area contributed by atoms with Crippen molar-refractivity contribution in [2.24, 2.45) is 0 Å². The van der Waals surface area contributed by atoms with Crippen LogP contribution in [0.5, 0.6) is 23.0 Å². The van der Waals surface area contributed by atoms with Gasteiger partial charge in [0.25, 0.3) is 0 Å². The lowest BCUT2D eigenvalue weighted by molar-refractivity contribution is 0.00578. The topological polar surface area (TPSA) is 136 Å². The van der Waals surface area contributed by atoms with E-state index in [-0.39, 0.29) is 0 Å². The molecule has 5 heterocycles. The molecule has 0 N–H and O–H groups in total. The molecule has 2 spiro atoms. The van der Waals surface area contributed by atoms with Crippen LogP contribution in [-0.2, 0) is 20.1 Å². The van der Waals surface area contributed by atoms with Crippen molar-refractivity contribution in [2.75, 3.05) is 0 Å². The smallest absolute Gasteiger partial charge is 0.457 e. The van der Waals surface area contributed by atoms with Crippen LogP contribution in [0.3, 0.4) is 0 Å². The molecule has 12 heteroatoms. The summed E-state index contributed by atoms with van der Waals surface area (Å²) < 4.78 is 26.5. The normalized spacial score (nSPS) is 14.3. The Morgan fingerprint density at radius 2 is 0.588 bits per heavy atom. The minimum Gasteiger partial charge on any atom is -0.457 e. The summed E-state index contributed by atoms with van der Waals surface area (Å²) in [5, 5.41) is 20.4. The van der Waals surface area contributed by atoms with Crippen LogP contribution in [0.15, 0.2) is 352 Å². The Bertz CT molecular complexity index is 6360. The van der Waals surface area contributed by atoms with E-state index in [1.807, 2.05) is 146 Å². The molecule has 0 amide bonds. The van der Waals surface area contributed by atoms with Gasteiger partial charge >= 0.3 is 7.12 Å². The molecule has 542 valence electrons. The molecule has 1 fully saturated rings. The lowest BCUT2D eigenvalue weighted by Gasteiger charge is -2.40. The maximum absolute atomic E-state index is 10.1. The lowest BCUT2D eigenvalue weighted by atomic mass is 9.64. The second kappa shape index (κ2) is 28.4. The van der Waals surface area contributed by atoms with Gasteiger partial charge in [0, 0.05) is 56.1 Å². The standard InChI is InChI=1S/C48H29N3O.C38H30BNO3.C16H11ClN2/c49-30-35-17-7-8-18-36(35)33-23-25-45-41(27-33)48(39-21-11-9-19-37(39)38-20-10-12-22-40(38)48)42-28-34(24-26-46(42)52-45)44-29-43(31-13-3-1-4-14-31)50-47(51-44)32-15-5-2-6-16-32;1-36(2)37(3,4)43-39(42-36)26-18-20-35-33(22-26)38(30-15-9-7-13-28(30)29-14-8-10-16-31(29)38)32-21-24(17-19-34(32)41-35)27-12-6-5-11-25(27)23-40;17-15-11-14(12-7-3-1-4-8-12)18-16(19-15)13-9-5-2-6-10-13/h1-29H;5-22H,1-4H3;1-11H. The van der Waals surface area contributed by atoms with Gasteiger partial charge in [-0.25, -0.2) is 19.9 Å². The van der Waals surface area contributed by atoms with Crippen LogP contribution in [0.4, 0.5) is 0 Å². The molecule has 16 aromatic rings. The first-order valence-electron chi connectivity index (χ1n) is 38.1. The van der Waals surface area contributed by atoms with Crippen molar-refractivity contribution in [3.05, 3.63) is 413 Å². The number of rotatable bonds is 8. The highest BCUT2D eigenvalue weighted by atomic mass is 35.5. The molecule has 14 aromatic carbocycles. The molecule has 5 aliphatic rings. The van der Waals surface area contributed by atoms with Gasteiger partial charge in [0.1, 0.15) is 28.2 Å². The summed E-state index contributed by atoms with van der Waals surface area (Å²) in [5.74, 6) is 4.53. The third-order valence-corrected chi connectivity index (χ3v) is 23.3. The quantitative estimate of drug-likeness (QED) is 0.107. The first kappa shape index (κ1) is 70.5. The highest BCUT2D eigenvalue weighted by Crippen LogP contribution is 2.65. The van der Waals surface area contributed by atoms with E-state index in [0.717, 1.165) is 118 Å². The Labute approximate surface area is 667 Å². The van der Waals surface area contributed by atoms with Crippen LogP contribution in [0.2, 0.25) is 5.15 Å². The highest BCUT2D eigenvalue weighted by Gasteiger charge is 2.56. The minimum absolute atomic E-state index is 0.452. The predicted octanol–water partition coefficient (Wildman–Crippen LogP) is 23.9. The van der Waals surface area contributed by atoms with Crippen LogP contribution in [0.1, 0.15) is 83.3 Å². The summed E-state index contributed by atoms with van der Waals surface area (Å²) in [7, 11) is -0.505. The van der Waals surface area contributed by atoms with Gasteiger partial charge in [-0.1, -0.05) is 291 Å². The second-order valence-corrected chi connectivity index (χ2v) is 30.4. The number of nitrogens with zero attached hydrogens (tertiary/aromatic N) is 6. The fourth-order valence-corrected chi connectivity index (χ4v) is 17.3. The average Bonchev–Trinajstić information content (AvgIpc) is 1.49. The zero-order valence-electron chi connectivity index (χ0n) is 62.8. The van der Waals surface area contributed by atoms with E-state index in [4.69, 9.17) is 40.4 Å². The molecule has 0 radical (unpaired) electrons. The van der Waals surface area contributed by atoms with Crippen LogP contribution < -0.4 is 14.9 Å². The third-order valence-electron chi connectivity index (χ3n) is 23.1. The van der Waals surface area contributed by atoms with Crippen LogP contribution in [-0.4, -0.2) is 38.3 Å². The van der Waals surface area contributed by atoms with Crippen molar-refractivity contribution >= 4 is 24.2 Å². The van der Waals surface area contributed by atoms with Gasteiger partial charge < -0.3 is 18.8 Å². The van der Waals surface area contributed by atoms with E-state index >= 15 is 0 Å². The zero-order chi connectivity index (χ0) is 77.3. The molecular formula is C102H70BClN6O4. The molecule has 10 nitrogen and oxygen atoms in total. The van der Waals surface area contributed by atoms with Crippen molar-refractivity contribution in [1.29, 1.82) is 10.5 Å². The summed E-state index contributed by atoms with van der Waals surface area (Å²) in [6, 6.07) is 125. The number of hydrogen-bond donors (Lipinski definition) is 0. The van der Waals surface area contributed by atoms with Crippen molar-refractivity contribution in [3.8, 4) is 136 Å². The first-order chi connectivity index (χ1) is 55.8. The molecule has 21 rings (SSSR count). The van der Waals surface area contributed by atoms with Gasteiger partial charge in [-0.15, -0.1) is 0 Å². The van der Waals surface area contributed by atoms with Gasteiger partial charge in [-0.05, 0) is 167 Å². The number of hydrogen-bond acceptors (Lipinski definition) is 10. The molecule has 2 aliphatic carbocycles. The van der Waals surface area contributed by atoms with Crippen molar-refractivity contribution in [3.63, 3.8) is 0 Å². The molecule has 0 bridgehead atoms. The molecular weight excluding hydrogens is 1420 g/mol. The van der Waals surface area contributed by atoms with Gasteiger partial charge in [0.2, 0.25) is 0 Å².